The van der Waals surface area contributed by atoms with Gasteiger partial charge >= 0.3 is 6.09 Å². The number of piperidine rings is 2. The first kappa shape index (κ1) is 17.1. The third kappa shape index (κ3) is 4.60. The third-order valence-corrected chi connectivity index (χ3v) is 4.20. The molecule has 2 amide bonds. The fourth-order valence-corrected chi connectivity index (χ4v) is 3.05. The minimum absolute atomic E-state index is 0.0380. The standard InChI is InChI=1S/C16H28N2O4/c1-16(2,3)22-15(21)17-9-6-12(7-10-17)14(20)18-8-4-5-13(19)11-18/h12-13,19H,4-11H2,1-3H3. The lowest BCUT2D eigenvalue weighted by atomic mass is 9.94. The summed E-state index contributed by atoms with van der Waals surface area (Å²) in [5.74, 6) is 0.0894. The zero-order valence-electron chi connectivity index (χ0n) is 13.9. The first-order chi connectivity index (χ1) is 10.3. The normalized spacial score (nSPS) is 24.3. The first-order valence-electron chi connectivity index (χ1n) is 8.21. The Bertz CT molecular complexity index is 411. The highest BCUT2D eigenvalue weighted by atomic mass is 16.6. The maximum atomic E-state index is 12.5. The van der Waals surface area contributed by atoms with Crippen LogP contribution in [0.3, 0.4) is 0 Å². The lowest BCUT2D eigenvalue weighted by Gasteiger charge is -2.37. The van der Waals surface area contributed by atoms with Gasteiger partial charge < -0.3 is 19.6 Å². The molecule has 2 rings (SSSR count). The van der Waals surface area contributed by atoms with E-state index in [2.05, 4.69) is 0 Å². The van der Waals surface area contributed by atoms with Crippen LogP contribution in [0.4, 0.5) is 4.79 Å². The molecule has 0 aromatic rings. The van der Waals surface area contributed by atoms with Crippen molar-refractivity contribution in [3.63, 3.8) is 0 Å². The Balaban J connectivity index is 1.81. The zero-order valence-corrected chi connectivity index (χ0v) is 13.9. The Morgan fingerprint density at radius 1 is 1.05 bits per heavy atom. The molecule has 2 aliphatic heterocycles. The monoisotopic (exact) mass is 312 g/mol. The summed E-state index contributed by atoms with van der Waals surface area (Å²) in [6, 6.07) is 0. The molecule has 6 nitrogen and oxygen atoms in total. The Hall–Kier alpha value is -1.30. The van der Waals surface area contributed by atoms with E-state index in [1.54, 1.807) is 9.80 Å². The quantitative estimate of drug-likeness (QED) is 0.799. The number of nitrogens with zero attached hydrogens (tertiary/aromatic N) is 2. The van der Waals surface area contributed by atoms with E-state index < -0.39 is 5.60 Å². The predicted molar refractivity (Wildman–Crippen MR) is 82.4 cm³/mol. The molecule has 0 spiro atoms. The van der Waals surface area contributed by atoms with Crippen LogP contribution >= 0.6 is 0 Å². The van der Waals surface area contributed by atoms with Crippen LogP contribution in [-0.4, -0.2) is 64.8 Å². The van der Waals surface area contributed by atoms with Crippen molar-refractivity contribution in [1.82, 2.24) is 9.80 Å². The van der Waals surface area contributed by atoms with Crippen LogP contribution in [0.25, 0.3) is 0 Å². The van der Waals surface area contributed by atoms with E-state index >= 15 is 0 Å². The van der Waals surface area contributed by atoms with E-state index in [1.165, 1.54) is 0 Å². The molecule has 0 saturated carbocycles. The van der Waals surface area contributed by atoms with E-state index in [1.807, 2.05) is 20.8 Å². The average Bonchev–Trinajstić information content (AvgIpc) is 2.45. The maximum Gasteiger partial charge on any atom is 0.410 e. The van der Waals surface area contributed by atoms with Gasteiger partial charge in [0.25, 0.3) is 0 Å². The number of carbonyl (C=O) groups is 2. The number of ether oxygens (including phenoxy) is 1. The highest BCUT2D eigenvalue weighted by Gasteiger charge is 2.33. The van der Waals surface area contributed by atoms with Gasteiger partial charge in [-0.25, -0.2) is 4.79 Å². The topological polar surface area (TPSA) is 70.1 Å². The second-order valence-corrected chi connectivity index (χ2v) is 7.32. The Morgan fingerprint density at radius 2 is 1.68 bits per heavy atom. The van der Waals surface area contributed by atoms with Crippen LogP contribution in [0.2, 0.25) is 0 Å². The Kier molecular flexibility index (Phi) is 5.32. The van der Waals surface area contributed by atoms with Crippen molar-refractivity contribution < 1.29 is 19.4 Å². The largest absolute Gasteiger partial charge is 0.444 e. The number of aliphatic hydroxyl groups is 1. The molecule has 2 saturated heterocycles. The summed E-state index contributed by atoms with van der Waals surface area (Å²) in [6.45, 7) is 7.85. The van der Waals surface area contributed by atoms with Crippen LogP contribution in [0.15, 0.2) is 0 Å². The lowest BCUT2D eigenvalue weighted by Crippen LogP contribution is -2.48. The lowest BCUT2D eigenvalue weighted by molar-refractivity contribution is -0.140. The fraction of sp³-hybridized carbons (Fsp3) is 0.875. The van der Waals surface area contributed by atoms with Gasteiger partial charge in [-0.3, -0.25) is 4.79 Å². The molecule has 1 unspecified atom stereocenters. The molecule has 1 atom stereocenters. The minimum atomic E-state index is -0.492. The van der Waals surface area contributed by atoms with E-state index in [9.17, 15) is 14.7 Å². The van der Waals surface area contributed by atoms with E-state index in [0.29, 0.717) is 32.5 Å². The molecule has 6 heteroatoms. The van der Waals surface area contributed by atoms with Crippen LogP contribution in [-0.2, 0) is 9.53 Å². The van der Waals surface area contributed by atoms with Gasteiger partial charge in [-0.05, 0) is 46.5 Å². The van der Waals surface area contributed by atoms with Crippen molar-refractivity contribution in [2.45, 2.75) is 58.2 Å². The van der Waals surface area contributed by atoms with Gasteiger partial charge in [0.2, 0.25) is 5.91 Å². The summed E-state index contributed by atoms with van der Waals surface area (Å²) >= 11 is 0. The van der Waals surface area contributed by atoms with Crippen molar-refractivity contribution in [2.24, 2.45) is 5.92 Å². The van der Waals surface area contributed by atoms with E-state index in [-0.39, 0.29) is 24.0 Å². The van der Waals surface area contributed by atoms with Gasteiger partial charge in [-0.2, -0.15) is 0 Å². The van der Waals surface area contributed by atoms with Crippen molar-refractivity contribution in [3.05, 3.63) is 0 Å². The van der Waals surface area contributed by atoms with Crippen LogP contribution < -0.4 is 0 Å². The molecule has 0 bridgehead atoms. The highest BCUT2D eigenvalue weighted by Crippen LogP contribution is 2.23. The first-order valence-corrected chi connectivity index (χ1v) is 8.21. The smallest absolute Gasteiger partial charge is 0.410 e. The van der Waals surface area contributed by atoms with Crippen molar-refractivity contribution in [2.75, 3.05) is 26.2 Å². The summed E-state index contributed by atoms with van der Waals surface area (Å²) in [5, 5.41) is 9.69. The van der Waals surface area contributed by atoms with E-state index in [0.717, 1.165) is 19.4 Å². The van der Waals surface area contributed by atoms with Gasteiger partial charge in [0.05, 0.1) is 6.10 Å². The predicted octanol–water partition coefficient (Wildman–Crippen LogP) is 1.62. The maximum absolute atomic E-state index is 12.5. The Labute approximate surface area is 132 Å². The number of rotatable bonds is 1. The molecule has 0 aromatic heterocycles. The average molecular weight is 312 g/mol. The zero-order chi connectivity index (χ0) is 16.3. The summed E-state index contributed by atoms with van der Waals surface area (Å²) in [7, 11) is 0. The minimum Gasteiger partial charge on any atom is -0.444 e. The molecule has 0 aromatic carbocycles. The number of amides is 2. The summed E-state index contributed by atoms with van der Waals surface area (Å²) in [6.07, 6.45) is 2.30. The van der Waals surface area contributed by atoms with Gasteiger partial charge in [-0.1, -0.05) is 0 Å². The van der Waals surface area contributed by atoms with E-state index in [4.69, 9.17) is 4.74 Å². The molecular weight excluding hydrogens is 284 g/mol. The van der Waals surface area contributed by atoms with Crippen LogP contribution in [0.5, 0.6) is 0 Å². The van der Waals surface area contributed by atoms with Crippen LogP contribution in [0.1, 0.15) is 46.5 Å². The fourth-order valence-electron chi connectivity index (χ4n) is 3.05. The molecule has 1 N–H and O–H groups in total. The number of carbonyl (C=O) groups excluding carboxylic acids is 2. The number of likely N-dealkylation sites (tertiary alicyclic amines) is 2. The van der Waals surface area contributed by atoms with Gasteiger partial charge in [0.1, 0.15) is 5.60 Å². The summed E-state index contributed by atoms with van der Waals surface area (Å²) in [4.78, 5) is 28.0. The molecular formula is C16H28N2O4. The van der Waals surface area contributed by atoms with Crippen molar-refractivity contribution in [1.29, 1.82) is 0 Å². The summed E-state index contributed by atoms with van der Waals surface area (Å²) < 4.78 is 5.36. The van der Waals surface area contributed by atoms with Gasteiger partial charge in [0, 0.05) is 32.1 Å². The molecule has 0 radical (unpaired) electrons. The number of aliphatic hydroxyl groups excluding tert-OH is 1. The number of β-amino-alcohol motifs (C(OH)–C–C–N with tert-alkyl or cyclic N) is 1. The molecule has 2 aliphatic rings. The van der Waals surface area contributed by atoms with Gasteiger partial charge in [0.15, 0.2) is 0 Å². The van der Waals surface area contributed by atoms with Crippen LogP contribution in [0, 0.1) is 5.92 Å². The SMILES string of the molecule is CC(C)(C)OC(=O)N1CCC(C(=O)N2CCCC(O)C2)CC1. The molecule has 2 heterocycles. The number of hydrogen-bond donors (Lipinski definition) is 1. The number of hydrogen-bond acceptors (Lipinski definition) is 4. The second-order valence-electron chi connectivity index (χ2n) is 7.32. The molecule has 22 heavy (non-hydrogen) atoms. The van der Waals surface area contributed by atoms with Crippen molar-refractivity contribution in [3.8, 4) is 0 Å². The second kappa shape index (κ2) is 6.86. The molecule has 126 valence electrons. The highest BCUT2D eigenvalue weighted by molar-refractivity contribution is 5.79. The Morgan fingerprint density at radius 3 is 2.23 bits per heavy atom. The third-order valence-electron chi connectivity index (χ3n) is 4.20. The molecule has 2 fully saturated rings. The van der Waals surface area contributed by atoms with Gasteiger partial charge in [-0.15, -0.1) is 0 Å². The van der Waals surface area contributed by atoms with Crippen molar-refractivity contribution >= 4 is 12.0 Å². The molecule has 0 aliphatic carbocycles. The summed E-state index contributed by atoms with van der Waals surface area (Å²) in [5.41, 5.74) is -0.492.